The maximum Gasteiger partial charge on any atom is 0.229 e. The minimum Gasteiger partial charge on any atom is -0.361 e. The number of amides is 1. The van der Waals surface area contributed by atoms with Gasteiger partial charge in [0.1, 0.15) is 11.5 Å². The van der Waals surface area contributed by atoms with Gasteiger partial charge in [-0.1, -0.05) is 22.4 Å². The first-order chi connectivity index (χ1) is 11.6. The molecule has 1 unspecified atom stereocenters. The summed E-state index contributed by atoms with van der Waals surface area (Å²) in [7, 11) is 0. The highest BCUT2D eigenvalue weighted by Gasteiger charge is 2.34. The van der Waals surface area contributed by atoms with Crippen molar-refractivity contribution in [2.75, 3.05) is 6.54 Å². The molecule has 1 fully saturated rings. The minimum absolute atomic E-state index is 0.0434. The van der Waals surface area contributed by atoms with E-state index in [0.717, 1.165) is 41.8 Å². The molecule has 0 N–H and O–H groups in total. The lowest BCUT2D eigenvalue weighted by molar-refractivity contribution is -0.131. The average molecular weight is 325 g/mol. The van der Waals surface area contributed by atoms with Crippen LogP contribution in [0.25, 0.3) is 11.0 Å². The van der Waals surface area contributed by atoms with E-state index in [0.29, 0.717) is 11.3 Å². The van der Waals surface area contributed by atoms with Gasteiger partial charge in [-0.3, -0.25) is 4.79 Å². The van der Waals surface area contributed by atoms with Crippen LogP contribution in [0, 0.1) is 13.8 Å². The highest BCUT2D eigenvalue weighted by Crippen LogP contribution is 2.36. The van der Waals surface area contributed by atoms with Crippen molar-refractivity contribution in [2.45, 2.75) is 39.2 Å². The van der Waals surface area contributed by atoms with Gasteiger partial charge in [-0.25, -0.2) is 0 Å². The van der Waals surface area contributed by atoms with Crippen molar-refractivity contribution < 1.29 is 13.8 Å². The number of hydrogen-bond donors (Lipinski definition) is 0. The number of rotatable bonds is 3. The van der Waals surface area contributed by atoms with Crippen molar-refractivity contribution >= 4 is 16.9 Å². The second-order valence-corrected chi connectivity index (χ2v) is 6.29. The van der Waals surface area contributed by atoms with Crippen molar-refractivity contribution in [3.63, 3.8) is 0 Å². The molecule has 1 aliphatic heterocycles. The molecule has 2 aromatic heterocycles. The summed E-state index contributed by atoms with van der Waals surface area (Å²) in [5, 5.41) is 9.01. The Bertz CT molecular complexity index is 876. The van der Waals surface area contributed by atoms with Crippen molar-refractivity contribution in [1.82, 2.24) is 15.2 Å². The van der Waals surface area contributed by atoms with Crippen LogP contribution in [-0.4, -0.2) is 27.7 Å². The quantitative estimate of drug-likeness (QED) is 0.738. The van der Waals surface area contributed by atoms with E-state index in [4.69, 9.17) is 9.05 Å². The molecule has 6 heteroatoms. The molecular weight excluding hydrogens is 306 g/mol. The van der Waals surface area contributed by atoms with E-state index in [-0.39, 0.29) is 18.4 Å². The Labute approximate surface area is 139 Å². The molecule has 0 spiro atoms. The highest BCUT2D eigenvalue weighted by atomic mass is 16.5. The molecule has 0 bridgehead atoms. The van der Waals surface area contributed by atoms with Gasteiger partial charge in [0.25, 0.3) is 0 Å². The van der Waals surface area contributed by atoms with E-state index in [1.807, 2.05) is 43.0 Å². The lowest BCUT2D eigenvalue weighted by Gasteiger charge is -2.24. The summed E-state index contributed by atoms with van der Waals surface area (Å²) in [6.45, 7) is 4.59. The van der Waals surface area contributed by atoms with E-state index >= 15 is 0 Å². The van der Waals surface area contributed by atoms with Gasteiger partial charge in [0.15, 0.2) is 5.58 Å². The Kier molecular flexibility index (Phi) is 3.59. The van der Waals surface area contributed by atoms with Crippen LogP contribution in [0.2, 0.25) is 0 Å². The van der Waals surface area contributed by atoms with Crippen LogP contribution >= 0.6 is 0 Å². The largest absolute Gasteiger partial charge is 0.361 e. The molecule has 124 valence electrons. The summed E-state index contributed by atoms with van der Waals surface area (Å²) in [4.78, 5) is 14.8. The van der Waals surface area contributed by atoms with Crippen molar-refractivity contribution in [1.29, 1.82) is 0 Å². The Morgan fingerprint density at radius 3 is 2.88 bits per heavy atom. The van der Waals surface area contributed by atoms with Crippen molar-refractivity contribution in [2.24, 2.45) is 0 Å². The Hall–Kier alpha value is -2.63. The molecular formula is C18H19N3O3. The maximum absolute atomic E-state index is 12.9. The number of aromatic nitrogens is 2. The van der Waals surface area contributed by atoms with Crippen LogP contribution in [-0.2, 0) is 11.2 Å². The fraction of sp³-hybridized carbons (Fsp3) is 0.389. The summed E-state index contributed by atoms with van der Waals surface area (Å²) in [6.07, 6.45) is 2.17. The SMILES string of the molecule is Cc1noc(C)c1C1CCCN1C(=O)Cc1noc2ccccc12. The molecule has 6 nitrogen and oxygen atoms in total. The Morgan fingerprint density at radius 1 is 1.25 bits per heavy atom. The first kappa shape index (κ1) is 14.9. The summed E-state index contributed by atoms with van der Waals surface area (Å²) < 4.78 is 10.6. The molecule has 3 aromatic rings. The third kappa shape index (κ3) is 2.38. The molecule has 0 aliphatic carbocycles. The number of nitrogens with zero attached hydrogens (tertiary/aromatic N) is 3. The first-order valence-electron chi connectivity index (χ1n) is 8.20. The molecule has 1 saturated heterocycles. The fourth-order valence-corrected chi connectivity index (χ4v) is 3.64. The molecule has 1 atom stereocenters. The number of aryl methyl sites for hydroxylation is 2. The number of para-hydroxylation sites is 1. The molecule has 1 aliphatic rings. The summed E-state index contributed by atoms with van der Waals surface area (Å²) >= 11 is 0. The smallest absolute Gasteiger partial charge is 0.229 e. The zero-order chi connectivity index (χ0) is 16.7. The third-order valence-corrected chi connectivity index (χ3v) is 4.77. The third-order valence-electron chi connectivity index (χ3n) is 4.77. The molecule has 1 amide bonds. The Balaban J connectivity index is 1.59. The van der Waals surface area contributed by atoms with Crippen LogP contribution in [0.5, 0.6) is 0 Å². The normalized spacial score (nSPS) is 17.8. The lowest BCUT2D eigenvalue weighted by atomic mass is 10.0. The fourth-order valence-electron chi connectivity index (χ4n) is 3.64. The predicted molar refractivity (Wildman–Crippen MR) is 87.4 cm³/mol. The molecule has 1 aromatic carbocycles. The average Bonchev–Trinajstić information content (AvgIpc) is 3.27. The van der Waals surface area contributed by atoms with E-state index in [9.17, 15) is 4.79 Å². The van der Waals surface area contributed by atoms with Gasteiger partial charge in [0.2, 0.25) is 5.91 Å². The molecule has 0 radical (unpaired) electrons. The number of carbonyl (C=O) groups is 1. The zero-order valence-corrected chi connectivity index (χ0v) is 13.8. The van der Waals surface area contributed by atoms with E-state index in [1.54, 1.807) is 0 Å². The van der Waals surface area contributed by atoms with Crippen LogP contribution in [0.4, 0.5) is 0 Å². The van der Waals surface area contributed by atoms with Gasteiger partial charge >= 0.3 is 0 Å². The van der Waals surface area contributed by atoms with Crippen LogP contribution in [0.3, 0.4) is 0 Å². The van der Waals surface area contributed by atoms with Gasteiger partial charge in [-0.2, -0.15) is 0 Å². The summed E-state index contributed by atoms with van der Waals surface area (Å²) in [5.41, 5.74) is 3.32. The Morgan fingerprint density at radius 2 is 2.08 bits per heavy atom. The minimum atomic E-state index is 0.0434. The molecule has 3 heterocycles. The second kappa shape index (κ2) is 5.78. The summed E-state index contributed by atoms with van der Waals surface area (Å²) in [5.74, 6) is 0.862. The van der Waals surface area contributed by atoms with Crippen LogP contribution < -0.4 is 0 Å². The maximum atomic E-state index is 12.9. The lowest BCUT2D eigenvalue weighted by Crippen LogP contribution is -2.32. The topological polar surface area (TPSA) is 72.4 Å². The van der Waals surface area contributed by atoms with Crippen molar-refractivity contribution in [3.8, 4) is 0 Å². The van der Waals surface area contributed by atoms with E-state index in [2.05, 4.69) is 10.3 Å². The molecule has 24 heavy (non-hydrogen) atoms. The monoisotopic (exact) mass is 325 g/mol. The molecule has 4 rings (SSSR count). The van der Waals surface area contributed by atoms with Crippen molar-refractivity contribution in [3.05, 3.63) is 47.0 Å². The molecule has 0 saturated carbocycles. The second-order valence-electron chi connectivity index (χ2n) is 6.29. The van der Waals surface area contributed by atoms with Gasteiger partial charge in [0, 0.05) is 17.5 Å². The van der Waals surface area contributed by atoms with E-state index < -0.39 is 0 Å². The van der Waals surface area contributed by atoms with E-state index in [1.165, 1.54) is 0 Å². The highest BCUT2D eigenvalue weighted by molar-refractivity contribution is 5.86. The number of hydrogen-bond acceptors (Lipinski definition) is 5. The first-order valence-corrected chi connectivity index (χ1v) is 8.20. The number of carbonyl (C=O) groups excluding carboxylic acids is 1. The van der Waals surface area contributed by atoms with Gasteiger partial charge < -0.3 is 13.9 Å². The van der Waals surface area contributed by atoms with Gasteiger partial charge in [-0.15, -0.1) is 0 Å². The predicted octanol–water partition coefficient (Wildman–Crippen LogP) is 3.34. The van der Waals surface area contributed by atoms with Crippen LogP contribution in [0.15, 0.2) is 33.3 Å². The number of likely N-dealkylation sites (tertiary alicyclic amines) is 1. The summed E-state index contributed by atoms with van der Waals surface area (Å²) in [6, 6.07) is 7.66. The van der Waals surface area contributed by atoms with Crippen LogP contribution in [0.1, 0.15) is 41.6 Å². The zero-order valence-electron chi connectivity index (χ0n) is 13.8. The van der Waals surface area contributed by atoms with Gasteiger partial charge in [0.05, 0.1) is 18.2 Å². The number of benzene rings is 1. The number of fused-ring (bicyclic) bond motifs is 1. The standard InChI is InChI=1S/C18H19N3O3/c1-11-18(12(2)23-19-11)15-7-5-9-21(15)17(22)10-14-13-6-3-4-8-16(13)24-20-14/h3-4,6,8,15H,5,7,9-10H2,1-2H3. The van der Waals surface area contributed by atoms with Gasteiger partial charge in [-0.05, 0) is 38.8 Å².